The molecule has 26 heavy (non-hydrogen) atoms. The van der Waals surface area contributed by atoms with Gasteiger partial charge in [-0.1, -0.05) is 60.7 Å². The van der Waals surface area contributed by atoms with Crippen molar-refractivity contribution in [2.45, 2.75) is 20.0 Å². The molecule has 0 aliphatic carbocycles. The minimum Gasteiger partial charge on any atom is -0.383 e. The van der Waals surface area contributed by atoms with E-state index in [2.05, 4.69) is 4.99 Å². The monoisotopic (exact) mass is 367 g/mol. The van der Waals surface area contributed by atoms with Crippen LogP contribution in [-0.4, -0.2) is 10.4 Å². The summed E-state index contributed by atoms with van der Waals surface area (Å²) in [7, 11) is 0. The van der Waals surface area contributed by atoms with Gasteiger partial charge in [-0.25, -0.2) is 0 Å². The Hall–Kier alpha value is -2.85. The number of rotatable bonds is 5. The fourth-order valence-corrected chi connectivity index (χ4v) is 2.71. The highest BCUT2D eigenvalue weighted by Crippen LogP contribution is 2.06. The predicted molar refractivity (Wildman–Crippen MR) is 109 cm³/mol. The average Bonchev–Trinajstić information content (AvgIpc) is 2.64. The summed E-state index contributed by atoms with van der Waals surface area (Å²) in [5.74, 6) is 0.277. The van der Waals surface area contributed by atoms with Crippen LogP contribution in [0.15, 0.2) is 82.7 Å². The third-order valence-corrected chi connectivity index (χ3v) is 3.97. The highest BCUT2D eigenvalue weighted by molar-refractivity contribution is 5.97. The van der Waals surface area contributed by atoms with Crippen LogP contribution in [0.4, 0.5) is 0 Å². The first-order valence-electron chi connectivity index (χ1n) is 8.23. The molecule has 0 aliphatic heterocycles. The van der Waals surface area contributed by atoms with Crippen molar-refractivity contribution >= 4 is 18.2 Å². The maximum absolute atomic E-state index is 12.8. The van der Waals surface area contributed by atoms with E-state index in [4.69, 9.17) is 5.73 Å². The van der Waals surface area contributed by atoms with Crippen molar-refractivity contribution < 1.29 is 0 Å². The van der Waals surface area contributed by atoms with Gasteiger partial charge >= 0.3 is 0 Å². The third-order valence-electron chi connectivity index (χ3n) is 3.97. The van der Waals surface area contributed by atoms with Crippen molar-refractivity contribution in [3.05, 3.63) is 106 Å². The van der Waals surface area contributed by atoms with Crippen LogP contribution < -0.4 is 11.3 Å². The van der Waals surface area contributed by atoms with E-state index >= 15 is 0 Å². The number of amidine groups is 1. The second kappa shape index (κ2) is 9.02. The topological polar surface area (TPSA) is 60.4 Å². The zero-order valence-electron chi connectivity index (χ0n) is 14.6. The number of nitrogens with zero attached hydrogens (tertiary/aromatic N) is 2. The van der Waals surface area contributed by atoms with Crippen LogP contribution in [0.2, 0.25) is 0 Å². The average molecular weight is 368 g/mol. The van der Waals surface area contributed by atoms with E-state index in [1.54, 1.807) is 10.6 Å². The van der Waals surface area contributed by atoms with Crippen molar-refractivity contribution in [3.63, 3.8) is 0 Å². The second-order valence-corrected chi connectivity index (χ2v) is 6.04. The van der Waals surface area contributed by atoms with Crippen LogP contribution in [0.5, 0.6) is 0 Å². The number of nitrogens with two attached hydrogens (primary N) is 1. The molecule has 4 nitrogen and oxygen atoms in total. The number of pyridine rings is 1. The Labute approximate surface area is 159 Å². The lowest BCUT2D eigenvalue weighted by atomic mass is 10.1. The third kappa shape index (κ3) is 4.83. The molecule has 0 radical (unpaired) electrons. The summed E-state index contributed by atoms with van der Waals surface area (Å²) < 4.78 is 1.69. The zero-order valence-corrected chi connectivity index (χ0v) is 15.4. The normalized spacial score (nSPS) is 11.0. The van der Waals surface area contributed by atoms with Gasteiger partial charge in [-0.2, -0.15) is 0 Å². The quantitative estimate of drug-likeness (QED) is 0.554. The molecule has 0 saturated carbocycles. The molecule has 0 aliphatic rings. The molecule has 0 atom stereocenters. The molecule has 0 amide bonds. The first-order chi connectivity index (χ1) is 12.1. The highest BCUT2D eigenvalue weighted by atomic mass is 35.5. The Morgan fingerprint density at radius 2 is 1.58 bits per heavy atom. The van der Waals surface area contributed by atoms with Crippen molar-refractivity contribution in [1.29, 1.82) is 0 Å². The molecule has 1 aromatic heterocycles. The van der Waals surface area contributed by atoms with Crippen LogP contribution in [0, 0.1) is 6.92 Å². The van der Waals surface area contributed by atoms with Crippen molar-refractivity contribution in [3.8, 4) is 0 Å². The maximum Gasteiger partial charge on any atom is 0.261 e. The van der Waals surface area contributed by atoms with Gasteiger partial charge in [0.1, 0.15) is 5.84 Å². The Balaban J connectivity index is 0.00000243. The summed E-state index contributed by atoms with van der Waals surface area (Å²) in [6.45, 7) is 2.92. The molecular formula is C21H22ClN3O. The molecule has 0 fully saturated rings. The molecule has 0 bridgehead atoms. The lowest BCUT2D eigenvalue weighted by molar-refractivity contribution is 0.752. The number of aliphatic imine (C=N–C) groups is 1. The number of aromatic nitrogens is 1. The minimum absolute atomic E-state index is 0. The summed E-state index contributed by atoms with van der Waals surface area (Å²) in [6, 6.07) is 21.5. The van der Waals surface area contributed by atoms with Gasteiger partial charge in [0.2, 0.25) is 0 Å². The van der Waals surface area contributed by atoms with Gasteiger partial charge in [-0.15, -0.1) is 12.4 Å². The van der Waals surface area contributed by atoms with Crippen LogP contribution >= 0.6 is 12.4 Å². The Morgan fingerprint density at radius 3 is 2.19 bits per heavy atom. The van der Waals surface area contributed by atoms with E-state index < -0.39 is 0 Å². The fourth-order valence-electron chi connectivity index (χ4n) is 2.71. The lowest BCUT2D eigenvalue weighted by Gasteiger charge is -2.10. The molecule has 3 aromatic rings. The number of hydrogen-bond acceptors (Lipinski definition) is 2. The molecule has 5 heteroatoms. The van der Waals surface area contributed by atoms with Gasteiger partial charge in [0.15, 0.2) is 0 Å². The first kappa shape index (κ1) is 19.5. The Morgan fingerprint density at radius 1 is 1.00 bits per heavy atom. The molecule has 0 saturated heterocycles. The SMILES string of the molecule is Cc1cc(C(N)=NCc2ccccc2)c(=O)n(Cc2ccccc2)c1.Cl. The molecule has 0 unspecified atom stereocenters. The van der Waals surface area contributed by atoms with Gasteiger partial charge in [0, 0.05) is 6.20 Å². The largest absolute Gasteiger partial charge is 0.383 e. The minimum atomic E-state index is -0.122. The van der Waals surface area contributed by atoms with Crippen LogP contribution in [0.1, 0.15) is 22.3 Å². The Kier molecular flexibility index (Phi) is 6.75. The number of halogens is 1. The molecular weight excluding hydrogens is 346 g/mol. The van der Waals surface area contributed by atoms with Crippen LogP contribution in [0.25, 0.3) is 0 Å². The van der Waals surface area contributed by atoms with Gasteiger partial charge < -0.3 is 10.3 Å². The maximum atomic E-state index is 12.8. The predicted octanol–water partition coefficient (Wildman–Crippen LogP) is 3.53. The van der Waals surface area contributed by atoms with Crippen molar-refractivity contribution in [1.82, 2.24) is 4.57 Å². The van der Waals surface area contributed by atoms with Crippen molar-refractivity contribution in [2.24, 2.45) is 10.7 Å². The summed E-state index contributed by atoms with van der Waals surface area (Å²) in [5, 5.41) is 0. The van der Waals surface area contributed by atoms with Crippen molar-refractivity contribution in [2.75, 3.05) is 0 Å². The number of benzene rings is 2. The molecule has 2 aromatic carbocycles. The molecule has 134 valence electrons. The molecule has 0 spiro atoms. The number of aryl methyl sites for hydroxylation is 1. The Bertz CT molecular complexity index is 934. The van der Waals surface area contributed by atoms with E-state index in [1.165, 1.54) is 0 Å². The smallest absolute Gasteiger partial charge is 0.261 e. The van der Waals surface area contributed by atoms with E-state index in [0.717, 1.165) is 16.7 Å². The summed E-state index contributed by atoms with van der Waals surface area (Å²) in [5.41, 5.74) is 9.54. The van der Waals surface area contributed by atoms with Crippen LogP contribution in [0.3, 0.4) is 0 Å². The van der Waals surface area contributed by atoms with E-state index in [1.807, 2.05) is 73.8 Å². The van der Waals surface area contributed by atoms with Gasteiger partial charge in [-0.05, 0) is 29.7 Å². The molecule has 3 rings (SSSR count). The summed E-state index contributed by atoms with van der Waals surface area (Å²) >= 11 is 0. The van der Waals surface area contributed by atoms with E-state index in [-0.39, 0.29) is 23.8 Å². The summed E-state index contributed by atoms with van der Waals surface area (Å²) in [6.07, 6.45) is 1.85. The molecule has 1 heterocycles. The first-order valence-corrected chi connectivity index (χ1v) is 8.23. The second-order valence-electron chi connectivity index (χ2n) is 6.04. The van der Waals surface area contributed by atoms with Gasteiger partial charge in [0.05, 0.1) is 18.7 Å². The fraction of sp³-hybridized carbons (Fsp3) is 0.143. The van der Waals surface area contributed by atoms with Gasteiger partial charge in [0.25, 0.3) is 5.56 Å². The van der Waals surface area contributed by atoms with Gasteiger partial charge in [-0.3, -0.25) is 9.79 Å². The van der Waals surface area contributed by atoms with E-state index in [9.17, 15) is 4.79 Å². The number of hydrogen-bond donors (Lipinski definition) is 1. The lowest BCUT2D eigenvalue weighted by Crippen LogP contribution is -2.30. The summed E-state index contributed by atoms with van der Waals surface area (Å²) in [4.78, 5) is 17.2. The van der Waals surface area contributed by atoms with E-state index in [0.29, 0.717) is 18.7 Å². The highest BCUT2D eigenvalue weighted by Gasteiger charge is 2.09. The standard InChI is InChI=1S/C21H21N3O.ClH/c1-16-12-19(20(22)23-13-17-8-4-2-5-9-17)21(25)24(14-16)15-18-10-6-3-7-11-18;/h2-12,14H,13,15H2,1H3,(H2,22,23);1H. The zero-order chi connectivity index (χ0) is 17.6. The van der Waals surface area contributed by atoms with Crippen LogP contribution in [-0.2, 0) is 13.1 Å². The molecule has 2 N–H and O–H groups in total.